The lowest BCUT2D eigenvalue weighted by Gasteiger charge is -2.38. The van der Waals surface area contributed by atoms with Crippen molar-refractivity contribution in [2.24, 2.45) is 16.7 Å². The van der Waals surface area contributed by atoms with Gasteiger partial charge in [0.25, 0.3) is 0 Å². The number of ether oxygens (including phenoxy) is 1. The van der Waals surface area contributed by atoms with Crippen molar-refractivity contribution in [2.75, 3.05) is 0 Å². The summed E-state index contributed by atoms with van der Waals surface area (Å²) in [5.74, 6) is 0.397. The Morgan fingerprint density at radius 3 is 2.68 bits per heavy atom. The number of aromatic nitrogens is 1. The van der Waals surface area contributed by atoms with E-state index in [4.69, 9.17) is 4.74 Å². The highest BCUT2D eigenvalue weighted by Crippen LogP contribution is 2.66. The van der Waals surface area contributed by atoms with Gasteiger partial charge in [-0.05, 0) is 42.7 Å². The normalized spacial score (nSPS) is 35.3. The number of rotatable bonds is 2. The van der Waals surface area contributed by atoms with Gasteiger partial charge in [0.15, 0.2) is 0 Å². The standard InChI is InChI=1S/C16H21NO2/c1-15(2)11-7-8-16(15,3)13(10-11)19-14(18)12-6-4-5-9-17-12/h4-6,9,11,13H,7-8,10H2,1-3H3/t11-,13-,16+/m1/s1. The van der Waals surface area contributed by atoms with E-state index in [2.05, 4.69) is 25.8 Å². The van der Waals surface area contributed by atoms with Gasteiger partial charge in [-0.3, -0.25) is 0 Å². The number of fused-ring (bicyclic) bond motifs is 2. The Kier molecular flexibility index (Phi) is 2.70. The van der Waals surface area contributed by atoms with Gasteiger partial charge in [-0.15, -0.1) is 0 Å². The van der Waals surface area contributed by atoms with E-state index >= 15 is 0 Å². The van der Waals surface area contributed by atoms with Gasteiger partial charge in [0.1, 0.15) is 11.8 Å². The highest BCUT2D eigenvalue weighted by molar-refractivity contribution is 5.87. The smallest absolute Gasteiger partial charge is 0.357 e. The van der Waals surface area contributed by atoms with Crippen LogP contribution in [0, 0.1) is 16.7 Å². The second-order valence-electron chi connectivity index (χ2n) is 6.72. The SMILES string of the molecule is CC1(C)[C@@H]2CC[C@@]1(C)[C@H](OC(=O)c1ccccn1)C2. The Hall–Kier alpha value is -1.38. The average molecular weight is 259 g/mol. The van der Waals surface area contributed by atoms with E-state index in [1.807, 2.05) is 6.07 Å². The summed E-state index contributed by atoms with van der Waals surface area (Å²) in [4.78, 5) is 16.2. The van der Waals surface area contributed by atoms with Gasteiger partial charge in [-0.2, -0.15) is 0 Å². The third kappa shape index (κ3) is 1.71. The summed E-state index contributed by atoms with van der Waals surface area (Å²) in [5.41, 5.74) is 0.788. The predicted octanol–water partition coefficient (Wildman–Crippen LogP) is 3.45. The van der Waals surface area contributed by atoms with Crippen LogP contribution in [0.1, 0.15) is 50.5 Å². The van der Waals surface area contributed by atoms with Crippen molar-refractivity contribution in [3.8, 4) is 0 Å². The number of carbonyl (C=O) groups excluding carboxylic acids is 1. The van der Waals surface area contributed by atoms with Crippen LogP contribution in [-0.4, -0.2) is 17.1 Å². The maximum absolute atomic E-state index is 12.1. The number of carbonyl (C=O) groups is 1. The molecule has 19 heavy (non-hydrogen) atoms. The van der Waals surface area contributed by atoms with Gasteiger partial charge in [0, 0.05) is 11.6 Å². The van der Waals surface area contributed by atoms with Crippen LogP contribution in [0.15, 0.2) is 24.4 Å². The molecule has 3 heteroatoms. The van der Waals surface area contributed by atoms with E-state index in [1.165, 1.54) is 6.42 Å². The molecule has 0 radical (unpaired) electrons. The minimum atomic E-state index is -0.282. The average Bonchev–Trinajstić information content (AvgIpc) is 2.73. The molecular formula is C16H21NO2. The maximum Gasteiger partial charge on any atom is 0.357 e. The van der Waals surface area contributed by atoms with Crippen LogP contribution in [0.5, 0.6) is 0 Å². The molecule has 2 bridgehead atoms. The molecule has 0 N–H and O–H groups in total. The van der Waals surface area contributed by atoms with Gasteiger partial charge in [0.2, 0.25) is 0 Å². The molecule has 102 valence electrons. The zero-order valence-electron chi connectivity index (χ0n) is 11.8. The molecule has 2 fully saturated rings. The lowest BCUT2D eigenvalue weighted by molar-refractivity contribution is -0.0247. The highest BCUT2D eigenvalue weighted by Gasteiger charge is 2.62. The number of pyridine rings is 1. The fraction of sp³-hybridized carbons (Fsp3) is 0.625. The molecule has 1 aromatic rings. The molecule has 0 saturated heterocycles. The summed E-state index contributed by atoms with van der Waals surface area (Å²) in [7, 11) is 0. The quantitative estimate of drug-likeness (QED) is 0.764. The second kappa shape index (κ2) is 4.06. The van der Waals surface area contributed by atoms with Gasteiger partial charge in [-0.25, -0.2) is 9.78 Å². The Labute approximate surface area is 114 Å². The summed E-state index contributed by atoms with van der Waals surface area (Å²) in [6.45, 7) is 6.91. The first-order valence-corrected chi connectivity index (χ1v) is 7.07. The lowest BCUT2D eigenvalue weighted by Crippen LogP contribution is -2.38. The Morgan fingerprint density at radius 1 is 1.37 bits per heavy atom. The summed E-state index contributed by atoms with van der Waals surface area (Å²) in [6.07, 6.45) is 5.09. The van der Waals surface area contributed by atoms with Crippen LogP contribution >= 0.6 is 0 Å². The molecule has 2 saturated carbocycles. The fourth-order valence-electron chi connectivity index (χ4n) is 3.98. The summed E-state index contributed by atoms with van der Waals surface area (Å²) in [6, 6.07) is 5.33. The Bertz CT molecular complexity index is 497. The van der Waals surface area contributed by atoms with Crippen LogP contribution in [-0.2, 0) is 4.74 Å². The van der Waals surface area contributed by atoms with Crippen LogP contribution in [0.4, 0.5) is 0 Å². The van der Waals surface area contributed by atoms with E-state index in [-0.39, 0.29) is 22.9 Å². The Balaban J connectivity index is 1.78. The molecule has 2 aliphatic rings. The van der Waals surface area contributed by atoms with Gasteiger partial charge in [-0.1, -0.05) is 26.8 Å². The zero-order chi connectivity index (χ0) is 13.7. The largest absolute Gasteiger partial charge is 0.457 e. The van der Waals surface area contributed by atoms with E-state index in [1.54, 1.807) is 18.3 Å². The van der Waals surface area contributed by atoms with Crippen molar-refractivity contribution >= 4 is 5.97 Å². The molecular weight excluding hydrogens is 238 g/mol. The minimum Gasteiger partial charge on any atom is -0.457 e. The molecule has 2 aliphatic carbocycles. The van der Waals surface area contributed by atoms with Crippen molar-refractivity contribution in [3.05, 3.63) is 30.1 Å². The first kappa shape index (κ1) is 12.6. The monoisotopic (exact) mass is 259 g/mol. The van der Waals surface area contributed by atoms with E-state index < -0.39 is 0 Å². The van der Waals surface area contributed by atoms with Crippen molar-refractivity contribution < 1.29 is 9.53 Å². The maximum atomic E-state index is 12.1. The number of hydrogen-bond acceptors (Lipinski definition) is 3. The zero-order valence-corrected chi connectivity index (χ0v) is 11.8. The molecule has 3 atom stereocenters. The molecule has 0 aliphatic heterocycles. The van der Waals surface area contributed by atoms with Crippen LogP contribution < -0.4 is 0 Å². The van der Waals surface area contributed by atoms with Crippen LogP contribution in [0.25, 0.3) is 0 Å². The topological polar surface area (TPSA) is 39.2 Å². The predicted molar refractivity (Wildman–Crippen MR) is 72.7 cm³/mol. The van der Waals surface area contributed by atoms with E-state index in [9.17, 15) is 4.79 Å². The number of nitrogens with zero attached hydrogens (tertiary/aromatic N) is 1. The van der Waals surface area contributed by atoms with Crippen LogP contribution in [0.2, 0.25) is 0 Å². The Morgan fingerprint density at radius 2 is 2.16 bits per heavy atom. The molecule has 0 unspecified atom stereocenters. The molecule has 3 nitrogen and oxygen atoms in total. The fourth-order valence-corrected chi connectivity index (χ4v) is 3.98. The first-order chi connectivity index (χ1) is 8.95. The third-order valence-electron chi connectivity index (χ3n) is 5.84. The van der Waals surface area contributed by atoms with Gasteiger partial charge < -0.3 is 4.74 Å². The number of hydrogen-bond donors (Lipinski definition) is 0. The molecule has 1 heterocycles. The summed E-state index contributed by atoms with van der Waals surface area (Å²) < 4.78 is 5.77. The molecule has 0 spiro atoms. The van der Waals surface area contributed by atoms with Crippen LogP contribution in [0.3, 0.4) is 0 Å². The summed E-state index contributed by atoms with van der Waals surface area (Å²) >= 11 is 0. The molecule has 3 rings (SSSR count). The van der Waals surface area contributed by atoms with Gasteiger partial charge in [0.05, 0.1) is 0 Å². The molecule has 1 aromatic heterocycles. The second-order valence-corrected chi connectivity index (χ2v) is 6.72. The molecule has 0 amide bonds. The molecule has 0 aromatic carbocycles. The summed E-state index contributed by atoms with van der Waals surface area (Å²) in [5, 5.41) is 0. The van der Waals surface area contributed by atoms with E-state index in [0.29, 0.717) is 11.6 Å². The van der Waals surface area contributed by atoms with E-state index in [0.717, 1.165) is 12.8 Å². The highest BCUT2D eigenvalue weighted by atomic mass is 16.5. The number of esters is 1. The third-order valence-corrected chi connectivity index (χ3v) is 5.84. The van der Waals surface area contributed by atoms with Crippen molar-refractivity contribution in [2.45, 2.75) is 46.1 Å². The first-order valence-electron chi connectivity index (χ1n) is 7.07. The van der Waals surface area contributed by atoms with Gasteiger partial charge >= 0.3 is 5.97 Å². The van der Waals surface area contributed by atoms with Crippen molar-refractivity contribution in [1.29, 1.82) is 0 Å². The lowest BCUT2D eigenvalue weighted by atomic mass is 9.70. The minimum absolute atomic E-state index is 0.0377. The van der Waals surface area contributed by atoms with Crippen molar-refractivity contribution in [1.82, 2.24) is 4.98 Å². The van der Waals surface area contributed by atoms with Crippen molar-refractivity contribution in [3.63, 3.8) is 0 Å².